The summed E-state index contributed by atoms with van der Waals surface area (Å²) in [5.41, 5.74) is 4.28. The third-order valence-electron chi connectivity index (χ3n) is 8.72. The van der Waals surface area contributed by atoms with Gasteiger partial charge in [0.2, 0.25) is 0 Å². The zero-order valence-corrected chi connectivity index (χ0v) is 22.9. The molecule has 0 unspecified atom stereocenters. The van der Waals surface area contributed by atoms with Gasteiger partial charge in [0.25, 0.3) is 0 Å². The van der Waals surface area contributed by atoms with Crippen molar-refractivity contribution in [1.29, 1.82) is 0 Å². The van der Waals surface area contributed by atoms with E-state index < -0.39 is 6.29 Å². The number of benzene rings is 2. The van der Waals surface area contributed by atoms with Crippen LogP contribution in [0.25, 0.3) is 11.1 Å². The number of hydrogen-bond donors (Lipinski definition) is 0. The normalized spacial score (nSPS) is 26.7. The van der Waals surface area contributed by atoms with Crippen LogP contribution in [0.4, 0.5) is 4.39 Å². The fourth-order valence-electron chi connectivity index (χ4n) is 6.13. The van der Waals surface area contributed by atoms with Crippen molar-refractivity contribution in [3.63, 3.8) is 0 Å². The van der Waals surface area contributed by atoms with Gasteiger partial charge in [0.1, 0.15) is 5.82 Å². The van der Waals surface area contributed by atoms with Crippen LogP contribution >= 0.6 is 0 Å². The Morgan fingerprint density at radius 3 is 2.11 bits per heavy atom. The average molecular weight is 495 g/mol. The first kappa shape index (κ1) is 27.3. The highest BCUT2D eigenvalue weighted by Crippen LogP contribution is 2.46. The molecule has 2 aromatic carbocycles. The molecule has 0 amide bonds. The quantitative estimate of drug-likeness (QED) is 0.289. The zero-order chi connectivity index (χ0) is 25.4. The number of unbranched alkanes of at least 4 members (excludes halogenated alkanes) is 4. The molecule has 3 heteroatoms. The fourth-order valence-corrected chi connectivity index (χ4v) is 6.13. The Morgan fingerprint density at radius 2 is 1.47 bits per heavy atom. The van der Waals surface area contributed by atoms with Crippen molar-refractivity contribution in [3.8, 4) is 11.1 Å². The van der Waals surface area contributed by atoms with Gasteiger partial charge < -0.3 is 9.47 Å². The predicted molar refractivity (Wildman–Crippen MR) is 148 cm³/mol. The van der Waals surface area contributed by atoms with Crippen LogP contribution in [0.3, 0.4) is 0 Å². The second-order valence-electron chi connectivity index (χ2n) is 11.8. The Kier molecular flexibility index (Phi) is 10.0. The SMILES string of the molecule is CCCCCC1COC(c2ccc(-c3ccc(C4CCC(C)(CCCCC)CC4)cc3)c(F)c2)OC1. The van der Waals surface area contributed by atoms with Crippen molar-refractivity contribution in [2.75, 3.05) is 13.2 Å². The van der Waals surface area contributed by atoms with Crippen LogP contribution in [-0.2, 0) is 9.47 Å². The molecule has 0 atom stereocenters. The van der Waals surface area contributed by atoms with Gasteiger partial charge in [-0.2, -0.15) is 0 Å². The summed E-state index contributed by atoms with van der Waals surface area (Å²) in [5, 5.41) is 0. The lowest BCUT2D eigenvalue weighted by atomic mass is 9.68. The molecule has 36 heavy (non-hydrogen) atoms. The highest BCUT2D eigenvalue weighted by atomic mass is 19.1. The van der Waals surface area contributed by atoms with Crippen molar-refractivity contribution in [3.05, 3.63) is 59.4 Å². The van der Waals surface area contributed by atoms with Crippen molar-refractivity contribution in [1.82, 2.24) is 0 Å². The molecule has 0 aromatic heterocycles. The van der Waals surface area contributed by atoms with E-state index >= 15 is 4.39 Å². The maximum absolute atomic E-state index is 15.1. The van der Waals surface area contributed by atoms with Crippen molar-refractivity contribution < 1.29 is 13.9 Å². The van der Waals surface area contributed by atoms with E-state index in [4.69, 9.17) is 9.47 Å². The van der Waals surface area contributed by atoms with Gasteiger partial charge in [-0.3, -0.25) is 0 Å². The molecule has 1 saturated carbocycles. The fraction of sp³-hybridized carbons (Fsp3) is 0.636. The van der Waals surface area contributed by atoms with E-state index in [0.29, 0.717) is 36.0 Å². The molecule has 1 saturated heterocycles. The summed E-state index contributed by atoms with van der Waals surface area (Å²) in [7, 11) is 0. The van der Waals surface area contributed by atoms with E-state index in [2.05, 4.69) is 45.0 Å². The predicted octanol–water partition coefficient (Wildman–Crippen LogP) is 9.98. The number of halogens is 1. The zero-order valence-electron chi connectivity index (χ0n) is 22.9. The van der Waals surface area contributed by atoms with E-state index in [9.17, 15) is 0 Å². The summed E-state index contributed by atoms with van der Waals surface area (Å²) in [6.07, 6.45) is 15.0. The molecule has 1 aliphatic heterocycles. The standard InChI is InChI=1S/C33H47FO2/c1-4-6-8-10-25-23-35-32(36-24-25)29-15-16-30(31(34)22-29)28-13-11-26(12-14-28)27-17-20-33(3,21-18-27)19-9-7-5-2/h11-16,22,25,27,32H,4-10,17-21,23-24H2,1-3H3. The molecule has 2 nitrogen and oxygen atoms in total. The van der Waals surface area contributed by atoms with Crippen molar-refractivity contribution in [2.24, 2.45) is 11.3 Å². The Morgan fingerprint density at radius 1 is 0.833 bits per heavy atom. The van der Waals surface area contributed by atoms with Gasteiger partial charge in [-0.05, 0) is 67.1 Å². The Hall–Kier alpha value is -1.71. The van der Waals surface area contributed by atoms with Gasteiger partial charge in [0, 0.05) is 17.0 Å². The molecule has 2 fully saturated rings. The molecule has 1 aliphatic carbocycles. The first-order valence-electron chi connectivity index (χ1n) is 14.6. The highest BCUT2D eigenvalue weighted by molar-refractivity contribution is 5.65. The van der Waals surface area contributed by atoms with E-state index in [0.717, 1.165) is 17.5 Å². The van der Waals surface area contributed by atoms with Crippen LogP contribution in [0.2, 0.25) is 0 Å². The van der Waals surface area contributed by atoms with Crippen LogP contribution in [0.5, 0.6) is 0 Å². The van der Waals surface area contributed by atoms with Gasteiger partial charge in [0.05, 0.1) is 13.2 Å². The Bertz CT molecular complexity index is 921. The molecule has 1 heterocycles. The molecule has 2 aromatic rings. The van der Waals surface area contributed by atoms with Gasteiger partial charge in [-0.25, -0.2) is 4.39 Å². The van der Waals surface area contributed by atoms with E-state index in [-0.39, 0.29) is 5.82 Å². The second kappa shape index (κ2) is 13.2. The molecule has 0 bridgehead atoms. The number of hydrogen-bond acceptors (Lipinski definition) is 2. The first-order chi connectivity index (χ1) is 17.5. The minimum atomic E-state index is -0.461. The summed E-state index contributed by atoms with van der Waals surface area (Å²) in [5.74, 6) is 0.879. The van der Waals surface area contributed by atoms with Gasteiger partial charge in [0.15, 0.2) is 6.29 Å². The van der Waals surface area contributed by atoms with Crippen molar-refractivity contribution in [2.45, 2.75) is 110 Å². The lowest BCUT2D eigenvalue weighted by Crippen LogP contribution is -2.27. The van der Waals surface area contributed by atoms with Crippen LogP contribution in [0.15, 0.2) is 42.5 Å². The van der Waals surface area contributed by atoms with Gasteiger partial charge in [-0.1, -0.05) is 95.7 Å². The smallest absolute Gasteiger partial charge is 0.183 e. The van der Waals surface area contributed by atoms with Crippen molar-refractivity contribution >= 4 is 0 Å². The van der Waals surface area contributed by atoms with Crippen LogP contribution < -0.4 is 0 Å². The third kappa shape index (κ3) is 7.19. The topological polar surface area (TPSA) is 18.5 Å². The maximum Gasteiger partial charge on any atom is 0.183 e. The number of ether oxygens (including phenoxy) is 2. The summed E-state index contributed by atoms with van der Waals surface area (Å²) >= 11 is 0. The molecule has 4 rings (SSSR count). The second-order valence-corrected chi connectivity index (χ2v) is 11.8. The average Bonchev–Trinajstić information content (AvgIpc) is 2.90. The van der Waals surface area contributed by atoms with Gasteiger partial charge in [-0.15, -0.1) is 0 Å². The lowest BCUT2D eigenvalue weighted by Gasteiger charge is -2.38. The Labute approximate surface area is 219 Å². The minimum absolute atomic E-state index is 0.210. The molecule has 198 valence electrons. The summed E-state index contributed by atoms with van der Waals surface area (Å²) < 4.78 is 27.0. The van der Waals surface area contributed by atoms with Crippen LogP contribution in [-0.4, -0.2) is 13.2 Å². The highest BCUT2D eigenvalue weighted by Gasteiger charge is 2.31. The summed E-state index contributed by atoms with van der Waals surface area (Å²) in [6.45, 7) is 8.38. The molecular weight excluding hydrogens is 447 g/mol. The first-order valence-corrected chi connectivity index (χ1v) is 14.6. The minimum Gasteiger partial charge on any atom is -0.348 e. The molecule has 0 spiro atoms. The van der Waals surface area contributed by atoms with E-state index in [1.807, 2.05) is 12.1 Å². The molecule has 0 radical (unpaired) electrons. The molecular formula is C33H47FO2. The Balaban J connectivity index is 1.31. The largest absolute Gasteiger partial charge is 0.348 e. The van der Waals surface area contributed by atoms with Gasteiger partial charge >= 0.3 is 0 Å². The summed E-state index contributed by atoms with van der Waals surface area (Å²) in [4.78, 5) is 0. The molecule has 2 aliphatic rings. The third-order valence-corrected chi connectivity index (χ3v) is 8.72. The van der Waals surface area contributed by atoms with E-state index in [1.54, 1.807) is 6.07 Å². The summed E-state index contributed by atoms with van der Waals surface area (Å²) in [6, 6.07) is 14.1. The van der Waals surface area contributed by atoms with Crippen LogP contribution in [0, 0.1) is 17.2 Å². The van der Waals surface area contributed by atoms with E-state index in [1.165, 1.54) is 76.2 Å². The number of rotatable bonds is 11. The maximum atomic E-state index is 15.1. The molecule has 0 N–H and O–H groups in total. The van der Waals surface area contributed by atoms with Crippen LogP contribution in [0.1, 0.15) is 121 Å². The monoisotopic (exact) mass is 494 g/mol. The lowest BCUT2D eigenvalue weighted by molar-refractivity contribution is -0.206.